The molecule has 9 nitrogen and oxygen atoms in total. The average molecular weight is 494 g/mol. The molecule has 0 saturated carbocycles. The Morgan fingerprint density at radius 1 is 0.865 bits per heavy atom. The number of benzene rings is 3. The molecule has 37 heavy (non-hydrogen) atoms. The first-order chi connectivity index (χ1) is 18.1. The second-order valence-corrected chi connectivity index (χ2v) is 8.08. The number of ether oxygens (including phenoxy) is 2. The van der Waals surface area contributed by atoms with Crippen molar-refractivity contribution >= 4 is 11.6 Å². The monoisotopic (exact) mass is 493 g/mol. The van der Waals surface area contributed by atoms with Crippen LogP contribution in [0.5, 0.6) is 11.5 Å². The molecular weight excluding hydrogens is 470 g/mol. The average Bonchev–Trinajstić information content (AvgIpc) is 3.39. The molecular formula is C28H23N5O4. The van der Waals surface area contributed by atoms with Gasteiger partial charge in [-0.2, -0.15) is 10.2 Å². The second kappa shape index (κ2) is 10.2. The van der Waals surface area contributed by atoms with E-state index in [4.69, 9.17) is 14.6 Å². The van der Waals surface area contributed by atoms with E-state index >= 15 is 0 Å². The standard InChI is InChI=1S/C28H23N5O4/c1-36-24-13-11-19(16-25(24)37-2)27-22(17-33(32-27)21-9-4-3-5-10-21)28(35)29-20-8-6-7-18(15-20)23-12-14-26(34)31-30-23/h3-17H,1-2H3,(H,29,35)(H,31,34). The van der Waals surface area contributed by atoms with Crippen LogP contribution in [0.25, 0.3) is 28.2 Å². The molecule has 2 heterocycles. The van der Waals surface area contributed by atoms with E-state index in [-0.39, 0.29) is 11.5 Å². The number of amides is 1. The highest BCUT2D eigenvalue weighted by Gasteiger charge is 2.20. The summed E-state index contributed by atoms with van der Waals surface area (Å²) in [5, 5.41) is 14.2. The zero-order valence-electron chi connectivity index (χ0n) is 20.1. The Labute approximate surface area is 212 Å². The molecule has 0 radical (unpaired) electrons. The summed E-state index contributed by atoms with van der Waals surface area (Å²) >= 11 is 0. The van der Waals surface area contributed by atoms with Gasteiger partial charge in [-0.15, -0.1) is 0 Å². The predicted molar refractivity (Wildman–Crippen MR) is 140 cm³/mol. The number of rotatable bonds is 7. The molecule has 1 amide bonds. The Morgan fingerprint density at radius 2 is 1.68 bits per heavy atom. The Bertz CT molecular complexity index is 1610. The molecule has 0 saturated heterocycles. The molecule has 3 aromatic carbocycles. The Morgan fingerprint density at radius 3 is 2.41 bits per heavy atom. The van der Waals surface area contributed by atoms with Gasteiger partial charge in [-0.1, -0.05) is 30.3 Å². The fourth-order valence-corrected chi connectivity index (χ4v) is 3.91. The molecule has 0 aliphatic heterocycles. The van der Waals surface area contributed by atoms with Crippen molar-refractivity contribution in [3.05, 3.63) is 107 Å². The van der Waals surface area contributed by atoms with Crippen molar-refractivity contribution in [1.82, 2.24) is 20.0 Å². The number of methoxy groups -OCH3 is 2. The third-order valence-corrected chi connectivity index (χ3v) is 5.73. The number of aromatic nitrogens is 4. The molecule has 0 fully saturated rings. The maximum absolute atomic E-state index is 13.5. The highest BCUT2D eigenvalue weighted by Crippen LogP contribution is 2.34. The van der Waals surface area contributed by atoms with Crippen LogP contribution in [0.4, 0.5) is 5.69 Å². The van der Waals surface area contributed by atoms with Crippen LogP contribution in [0.3, 0.4) is 0 Å². The van der Waals surface area contributed by atoms with E-state index in [1.807, 2.05) is 42.5 Å². The molecule has 0 aliphatic carbocycles. The van der Waals surface area contributed by atoms with Crippen molar-refractivity contribution in [2.24, 2.45) is 0 Å². The second-order valence-electron chi connectivity index (χ2n) is 8.08. The van der Waals surface area contributed by atoms with Crippen molar-refractivity contribution in [3.8, 4) is 39.7 Å². The van der Waals surface area contributed by atoms with E-state index in [2.05, 4.69) is 15.5 Å². The normalized spacial score (nSPS) is 10.6. The van der Waals surface area contributed by atoms with Gasteiger partial charge in [0.15, 0.2) is 11.5 Å². The quantitative estimate of drug-likeness (QED) is 0.344. The van der Waals surface area contributed by atoms with Gasteiger partial charge in [0, 0.05) is 29.1 Å². The number of nitrogens with one attached hydrogen (secondary N) is 2. The van der Waals surface area contributed by atoms with Gasteiger partial charge in [0.05, 0.1) is 31.2 Å². The lowest BCUT2D eigenvalue weighted by molar-refractivity contribution is 0.102. The predicted octanol–water partition coefficient (Wildman–Crippen LogP) is 4.56. The van der Waals surface area contributed by atoms with Crippen molar-refractivity contribution in [2.45, 2.75) is 0 Å². The van der Waals surface area contributed by atoms with Crippen LogP contribution in [0, 0.1) is 0 Å². The molecule has 9 heteroatoms. The number of H-pyrrole nitrogens is 1. The molecule has 2 aromatic heterocycles. The fourth-order valence-electron chi connectivity index (χ4n) is 3.91. The smallest absolute Gasteiger partial charge is 0.264 e. The third-order valence-electron chi connectivity index (χ3n) is 5.73. The van der Waals surface area contributed by atoms with Gasteiger partial charge in [-0.25, -0.2) is 9.78 Å². The largest absolute Gasteiger partial charge is 0.493 e. The molecule has 0 spiro atoms. The summed E-state index contributed by atoms with van der Waals surface area (Å²) in [6.45, 7) is 0. The van der Waals surface area contributed by atoms with Gasteiger partial charge in [0.25, 0.3) is 11.5 Å². The van der Waals surface area contributed by atoms with Gasteiger partial charge in [-0.3, -0.25) is 9.59 Å². The lowest BCUT2D eigenvalue weighted by Gasteiger charge is -2.10. The molecule has 0 bridgehead atoms. The van der Waals surface area contributed by atoms with Crippen LogP contribution in [0.1, 0.15) is 10.4 Å². The summed E-state index contributed by atoms with van der Waals surface area (Å²) < 4.78 is 12.5. The Balaban J connectivity index is 1.53. The topological polar surface area (TPSA) is 111 Å². The van der Waals surface area contributed by atoms with E-state index in [1.165, 1.54) is 6.07 Å². The van der Waals surface area contributed by atoms with E-state index in [0.29, 0.717) is 39.7 Å². The summed E-state index contributed by atoms with van der Waals surface area (Å²) in [4.78, 5) is 24.9. The molecule has 0 aliphatic rings. The third kappa shape index (κ3) is 4.96. The minimum Gasteiger partial charge on any atom is -0.493 e. The Hall–Kier alpha value is -5.18. The number of hydrogen-bond donors (Lipinski definition) is 2. The first kappa shape index (κ1) is 23.6. The van der Waals surface area contributed by atoms with Crippen molar-refractivity contribution < 1.29 is 14.3 Å². The molecule has 2 N–H and O–H groups in total. The van der Waals surface area contributed by atoms with E-state index in [0.717, 1.165) is 11.3 Å². The van der Waals surface area contributed by atoms with Crippen LogP contribution in [-0.4, -0.2) is 40.1 Å². The Kier molecular flexibility index (Phi) is 6.50. The summed E-state index contributed by atoms with van der Waals surface area (Å²) in [6, 6.07) is 25.2. The number of nitrogens with zero attached hydrogens (tertiary/aromatic N) is 3. The van der Waals surface area contributed by atoms with Gasteiger partial charge < -0.3 is 14.8 Å². The summed E-state index contributed by atoms with van der Waals surface area (Å²) in [5.74, 6) is 0.771. The summed E-state index contributed by atoms with van der Waals surface area (Å²) in [7, 11) is 3.12. The molecule has 5 rings (SSSR count). The van der Waals surface area contributed by atoms with E-state index in [9.17, 15) is 9.59 Å². The first-order valence-electron chi connectivity index (χ1n) is 11.4. The maximum Gasteiger partial charge on any atom is 0.264 e. The highest BCUT2D eigenvalue weighted by atomic mass is 16.5. The summed E-state index contributed by atoms with van der Waals surface area (Å²) in [5.41, 5.74) is 3.99. The van der Waals surface area contributed by atoms with Crippen molar-refractivity contribution in [2.75, 3.05) is 19.5 Å². The number of para-hydroxylation sites is 1. The molecule has 0 unspecified atom stereocenters. The molecule has 5 aromatic rings. The minimum atomic E-state index is -0.335. The number of aromatic amines is 1. The van der Waals surface area contributed by atoms with Crippen LogP contribution in [0.2, 0.25) is 0 Å². The van der Waals surface area contributed by atoms with Crippen LogP contribution in [-0.2, 0) is 0 Å². The van der Waals surface area contributed by atoms with Crippen LogP contribution in [0.15, 0.2) is 95.9 Å². The van der Waals surface area contributed by atoms with E-state index < -0.39 is 0 Å². The highest BCUT2D eigenvalue weighted by molar-refractivity contribution is 6.08. The van der Waals surface area contributed by atoms with Gasteiger partial charge in [-0.05, 0) is 48.5 Å². The fraction of sp³-hybridized carbons (Fsp3) is 0.0714. The van der Waals surface area contributed by atoms with Crippen molar-refractivity contribution in [3.63, 3.8) is 0 Å². The molecule has 0 atom stereocenters. The zero-order chi connectivity index (χ0) is 25.8. The van der Waals surface area contributed by atoms with Crippen LogP contribution >= 0.6 is 0 Å². The molecule has 184 valence electrons. The maximum atomic E-state index is 13.5. The first-order valence-corrected chi connectivity index (χ1v) is 11.4. The van der Waals surface area contributed by atoms with Gasteiger partial charge in [0.2, 0.25) is 0 Å². The number of hydrogen-bond acceptors (Lipinski definition) is 6. The number of carbonyl (C=O) groups is 1. The van der Waals surface area contributed by atoms with Crippen LogP contribution < -0.4 is 20.3 Å². The summed E-state index contributed by atoms with van der Waals surface area (Å²) in [6.07, 6.45) is 1.70. The van der Waals surface area contributed by atoms with Crippen molar-refractivity contribution in [1.29, 1.82) is 0 Å². The van der Waals surface area contributed by atoms with E-state index in [1.54, 1.807) is 61.5 Å². The lowest BCUT2D eigenvalue weighted by Crippen LogP contribution is -2.12. The van der Waals surface area contributed by atoms with Gasteiger partial charge in [0.1, 0.15) is 5.69 Å². The SMILES string of the molecule is COc1ccc(-c2nn(-c3ccccc3)cc2C(=O)Nc2cccc(-c3ccc(=O)[nH]n3)c2)cc1OC. The lowest BCUT2D eigenvalue weighted by atomic mass is 10.1. The number of anilines is 1. The minimum absolute atomic E-state index is 0.286. The number of carbonyl (C=O) groups excluding carboxylic acids is 1. The zero-order valence-corrected chi connectivity index (χ0v) is 20.1. The van der Waals surface area contributed by atoms with Gasteiger partial charge >= 0.3 is 0 Å².